The topological polar surface area (TPSA) is 160 Å². The van der Waals surface area contributed by atoms with Gasteiger partial charge in [0.2, 0.25) is 0 Å². The largest absolute Gasteiger partial charge is 0.459 e. The molecule has 0 saturated carbocycles. The van der Waals surface area contributed by atoms with Crippen LogP contribution in [0.1, 0.15) is 94.9 Å². The SMILES string of the molecule is CC[C@H]1OC(=O)[C@H](C)[C@@H](O[C@H]2C[C@@](C)(OC)[C@@H](O)[C@H](C)O2)[C@H](C)[C@@H](O[C@@H]2O[C@H](C)C[C@H](N(C)C)[C@H]2O)[C@@H](C)C[C@@H](C)CN(C)[C@H](C)[C@@H](O)[C@]1(C)O. The second kappa shape index (κ2) is 18.1. The van der Waals surface area contributed by atoms with Gasteiger partial charge in [-0.3, -0.25) is 4.79 Å². The molecule has 3 aliphatic rings. The Labute approximate surface area is 307 Å². The van der Waals surface area contributed by atoms with E-state index < -0.39 is 90.4 Å². The van der Waals surface area contributed by atoms with E-state index in [2.05, 4.69) is 13.8 Å². The molecule has 4 N–H and O–H groups in total. The normalized spacial score (nSPS) is 48.9. The van der Waals surface area contributed by atoms with Crippen LogP contribution in [0.25, 0.3) is 0 Å². The lowest BCUT2D eigenvalue weighted by atomic mass is 9.80. The summed E-state index contributed by atoms with van der Waals surface area (Å²) in [6.07, 6.45) is -6.13. The Hall–Kier alpha value is -0.970. The Kier molecular flexibility index (Phi) is 15.8. The summed E-state index contributed by atoms with van der Waals surface area (Å²) in [5.74, 6) is -1.91. The van der Waals surface area contributed by atoms with Gasteiger partial charge in [0, 0.05) is 38.1 Å². The predicted molar refractivity (Wildman–Crippen MR) is 193 cm³/mol. The lowest BCUT2D eigenvalue weighted by Crippen LogP contribution is -2.59. The van der Waals surface area contributed by atoms with Gasteiger partial charge in [-0.25, -0.2) is 0 Å². The van der Waals surface area contributed by atoms with Gasteiger partial charge < -0.3 is 58.6 Å². The number of hydrogen-bond donors (Lipinski definition) is 4. The first-order chi connectivity index (χ1) is 23.6. The minimum atomic E-state index is -1.74. The standard InChI is InChI=1S/C38H72N2O11/c1-15-28-38(10,45)33(42)25(7)40(13)19-20(2)16-21(3)31(51-36-30(41)27(39(11)12)17-22(4)47-36)23(5)32(24(6)35(44)49-28)50-29-18-37(9,46-14)34(43)26(8)48-29/h20-34,36,41-43,45H,15-19H2,1-14H3/t20-,21+,22-,23-,24-,25-,26+,27+,28-,29+,30-,31+,32+,33-,34+,36+,37-,38-/m1/s1. The fourth-order valence-electron chi connectivity index (χ4n) is 8.66. The molecule has 300 valence electrons. The third-order valence-electron chi connectivity index (χ3n) is 12.2. The molecule has 0 aromatic heterocycles. The van der Waals surface area contributed by atoms with Crippen LogP contribution in [0.3, 0.4) is 0 Å². The highest BCUT2D eigenvalue weighted by Gasteiger charge is 2.50. The minimum absolute atomic E-state index is 0.0994. The second-order valence-corrected chi connectivity index (χ2v) is 16.9. The molecule has 3 aliphatic heterocycles. The van der Waals surface area contributed by atoms with Gasteiger partial charge in [0.1, 0.15) is 30.0 Å². The molecule has 0 radical (unpaired) electrons. The summed E-state index contributed by atoms with van der Waals surface area (Å²) in [4.78, 5) is 18.2. The number of cyclic esters (lactones) is 1. The summed E-state index contributed by atoms with van der Waals surface area (Å²) in [7, 11) is 7.33. The molecule has 3 saturated heterocycles. The number of ether oxygens (including phenoxy) is 6. The number of hydrogen-bond acceptors (Lipinski definition) is 13. The highest BCUT2D eigenvalue weighted by atomic mass is 16.7. The van der Waals surface area contributed by atoms with E-state index >= 15 is 0 Å². The third kappa shape index (κ3) is 10.2. The van der Waals surface area contributed by atoms with Crippen LogP contribution in [0.15, 0.2) is 0 Å². The van der Waals surface area contributed by atoms with Crippen LogP contribution in [-0.4, -0.2) is 156 Å². The maximum absolute atomic E-state index is 14.2. The molecule has 0 unspecified atom stereocenters. The Balaban J connectivity index is 2.12. The maximum atomic E-state index is 14.2. The summed E-state index contributed by atoms with van der Waals surface area (Å²) < 4.78 is 37.9. The molecule has 3 fully saturated rings. The van der Waals surface area contributed by atoms with Crippen molar-refractivity contribution in [3.63, 3.8) is 0 Å². The van der Waals surface area contributed by atoms with Crippen molar-refractivity contribution in [2.75, 3.05) is 34.8 Å². The van der Waals surface area contributed by atoms with E-state index in [1.807, 2.05) is 58.6 Å². The quantitative estimate of drug-likeness (QED) is 0.284. The number of aliphatic hydroxyl groups is 4. The minimum Gasteiger partial charge on any atom is -0.459 e. The molecule has 0 aromatic rings. The first-order valence-corrected chi connectivity index (χ1v) is 19.1. The van der Waals surface area contributed by atoms with Crippen LogP contribution in [-0.2, 0) is 33.2 Å². The van der Waals surface area contributed by atoms with E-state index in [1.165, 1.54) is 6.92 Å². The first kappa shape index (κ1) is 44.4. The number of rotatable bonds is 7. The van der Waals surface area contributed by atoms with Crippen LogP contribution in [0.4, 0.5) is 0 Å². The molecule has 0 aromatic carbocycles. The number of likely N-dealkylation sites (N-methyl/N-ethyl adjacent to an activating group) is 2. The molecule has 0 aliphatic carbocycles. The van der Waals surface area contributed by atoms with E-state index in [0.717, 1.165) is 0 Å². The molecule has 0 bridgehead atoms. The van der Waals surface area contributed by atoms with Gasteiger partial charge in [-0.15, -0.1) is 0 Å². The van der Waals surface area contributed by atoms with Crippen LogP contribution in [0.5, 0.6) is 0 Å². The highest BCUT2D eigenvalue weighted by molar-refractivity contribution is 5.73. The molecular formula is C38H72N2O11. The van der Waals surface area contributed by atoms with E-state index in [4.69, 9.17) is 28.4 Å². The maximum Gasteiger partial charge on any atom is 0.311 e. The number of methoxy groups -OCH3 is 1. The smallest absolute Gasteiger partial charge is 0.311 e. The summed E-state index contributed by atoms with van der Waals surface area (Å²) >= 11 is 0. The van der Waals surface area contributed by atoms with Gasteiger partial charge in [-0.2, -0.15) is 0 Å². The van der Waals surface area contributed by atoms with Crippen molar-refractivity contribution in [3.8, 4) is 0 Å². The van der Waals surface area contributed by atoms with Crippen molar-refractivity contribution in [1.29, 1.82) is 0 Å². The number of carbonyl (C=O) groups is 1. The van der Waals surface area contributed by atoms with Crippen molar-refractivity contribution < 1.29 is 53.6 Å². The van der Waals surface area contributed by atoms with E-state index in [-0.39, 0.29) is 36.8 Å². The zero-order valence-corrected chi connectivity index (χ0v) is 33.8. The molecule has 3 rings (SSSR count). The Morgan fingerprint density at radius 1 is 0.941 bits per heavy atom. The van der Waals surface area contributed by atoms with Crippen molar-refractivity contribution in [2.24, 2.45) is 23.7 Å². The van der Waals surface area contributed by atoms with Crippen LogP contribution < -0.4 is 0 Å². The van der Waals surface area contributed by atoms with Gasteiger partial charge in [0.15, 0.2) is 12.6 Å². The van der Waals surface area contributed by atoms with Gasteiger partial charge in [-0.05, 0) is 93.8 Å². The molecular weight excluding hydrogens is 660 g/mol. The molecule has 13 nitrogen and oxygen atoms in total. The zero-order chi connectivity index (χ0) is 38.7. The summed E-state index contributed by atoms with van der Waals surface area (Å²) in [5, 5.41) is 45.6. The van der Waals surface area contributed by atoms with Crippen LogP contribution in [0.2, 0.25) is 0 Å². The fourth-order valence-corrected chi connectivity index (χ4v) is 8.66. The number of carbonyl (C=O) groups excluding carboxylic acids is 1. The van der Waals surface area contributed by atoms with Crippen LogP contribution >= 0.6 is 0 Å². The third-order valence-corrected chi connectivity index (χ3v) is 12.2. The lowest BCUT2D eigenvalue weighted by Gasteiger charge is -2.47. The number of aliphatic hydroxyl groups excluding tert-OH is 3. The predicted octanol–water partition coefficient (Wildman–Crippen LogP) is 2.79. The van der Waals surface area contributed by atoms with Gasteiger partial charge in [0.25, 0.3) is 0 Å². The Morgan fingerprint density at radius 2 is 1.57 bits per heavy atom. The van der Waals surface area contributed by atoms with Gasteiger partial charge in [0.05, 0.1) is 35.9 Å². The van der Waals surface area contributed by atoms with E-state index in [0.29, 0.717) is 19.4 Å². The summed E-state index contributed by atoms with van der Waals surface area (Å²) in [6, 6.07) is -0.622. The molecule has 0 spiro atoms. The second-order valence-electron chi connectivity index (χ2n) is 16.9. The summed E-state index contributed by atoms with van der Waals surface area (Å²) in [6.45, 7) is 19.3. The summed E-state index contributed by atoms with van der Waals surface area (Å²) in [5.41, 5.74) is -2.70. The van der Waals surface area contributed by atoms with Gasteiger partial charge in [-0.1, -0.05) is 27.7 Å². The molecule has 0 amide bonds. The van der Waals surface area contributed by atoms with Crippen molar-refractivity contribution in [1.82, 2.24) is 9.80 Å². The van der Waals surface area contributed by atoms with Crippen molar-refractivity contribution in [2.45, 2.75) is 180 Å². The fraction of sp³-hybridized carbons (Fsp3) is 0.974. The van der Waals surface area contributed by atoms with Crippen LogP contribution in [0, 0.1) is 23.7 Å². The lowest BCUT2D eigenvalue weighted by molar-refractivity contribution is -0.309. The molecule has 13 heteroatoms. The Morgan fingerprint density at radius 3 is 2.14 bits per heavy atom. The average molecular weight is 733 g/mol. The molecule has 18 atom stereocenters. The molecule has 51 heavy (non-hydrogen) atoms. The number of nitrogens with zero attached hydrogens (tertiary/aromatic N) is 2. The number of esters is 1. The highest BCUT2D eigenvalue weighted by Crippen LogP contribution is 2.39. The average Bonchev–Trinajstić information content (AvgIpc) is 3.06. The first-order valence-electron chi connectivity index (χ1n) is 19.1. The van der Waals surface area contributed by atoms with Crippen molar-refractivity contribution in [3.05, 3.63) is 0 Å². The monoisotopic (exact) mass is 733 g/mol. The molecule has 3 heterocycles. The van der Waals surface area contributed by atoms with E-state index in [9.17, 15) is 25.2 Å². The van der Waals surface area contributed by atoms with Gasteiger partial charge >= 0.3 is 5.97 Å². The zero-order valence-electron chi connectivity index (χ0n) is 33.8. The Bertz CT molecular complexity index is 1100. The van der Waals surface area contributed by atoms with Crippen molar-refractivity contribution >= 4 is 5.97 Å². The van der Waals surface area contributed by atoms with E-state index in [1.54, 1.807) is 27.9 Å².